The van der Waals surface area contributed by atoms with Crippen molar-refractivity contribution in [2.24, 2.45) is 5.41 Å². The smallest absolute Gasteiger partial charge is 0.161 e. The summed E-state index contributed by atoms with van der Waals surface area (Å²) in [7, 11) is 0. The molecule has 0 spiro atoms. The van der Waals surface area contributed by atoms with Crippen molar-refractivity contribution in [1.82, 2.24) is 19.9 Å². The molecule has 0 aliphatic heterocycles. The first kappa shape index (κ1) is 36.6. The molecule has 2 aromatic heterocycles. The molecule has 0 saturated carbocycles. The SMILES string of the molecule is CC1(C)c2cc(-c3nc(-c4ccccc4)cc(-c4cccc5ccccc45)n3)c(-c3nc(-c4ccccc4)cc(-c4cccc5ccccc45)n3)cc2C(C)(C)C1(C)C. The largest absolute Gasteiger partial charge is 0.228 e. The Bertz CT molecular complexity index is 2850. The fraction of sp³-hybridized carbons (Fsp3) is 0.164. The average Bonchev–Trinajstić information content (AvgIpc) is 3.38. The van der Waals surface area contributed by atoms with Crippen molar-refractivity contribution in [2.45, 2.75) is 52.4 Å². The summed E-state index contributed by atoms with van der Waals surface area (Å²) < 4.78 is 0. The molecule has 59 heavy (non-hydrogen) atoms. The third kappa shape index (κ3) is 5.88. The van der Waals surface area contributed by atoms with Gasteiger partial charge < -0.3 is 0 Å². The molecule has 1 aliphatic rings. The maximum Gasteiger partial charge on any atom is 0.161 e. The van der Waals surface area contributed by atoms with Gasteiger partial charge in [0, 0.05) is 33.4 Å². The number of nitrogens with zero attached hydrogens (tertiary/aromatic N) is 4. The Labute approximate surface area is 346 Å². The summed E-state index contributed by atoms with van der Waals surface area (Å²) in [5.74, 6) is 1.29. The Morgan fingerprint density at radius 1 is 0.322 bits per heavy atom. The Balaban J connectivity index is 1.31. The van der Waals surface area contributed by atoms with Gasteiger partial charge in [-0.2, -0.15) is 0 Å². The molecule has 4 heteroatoms. The van der Waals surface area contributed by atoms with Gasteiger partial charge >= 0.3 is 0 Å². The maximum absolute atomic E-state index is 5.52. The first-order valence-corrected chi connectivity index (χ1v) is 20.6. The standard InChI is InChI=1S/C55H46N4/c1-53(2)45-31-43(51-56-47(37-21-9-7-10-22-37)33-49(58-51)41-29-17-25-35-19-13-15-27-39(35)41)44(32-46(45)54(3,4)55(53,5)6)52-57-48(38-23-11-8-12-24-38)34-50(59-52)42-30-18-26-36-20-14-16-28-40(36)42/h7-34H,1-6H3. The van der Waals surface area contributed by atoms with Crippen molar-refractivity contribution >= 4 is 21.5 Å². The van der Waals surface area contributed by atoms with Crippen molar-refractivity contribution in [2.75, 3.05) is 0 Å². The van der Waals surface area contributed by atoms with Gasteiger partial charge in [0.05, 0.1) is 22.8 Å². The molecule has 0 fully saturated rings. The van der Waals surface area contributed by atoms with E-state index in [4.69, 9.17) is 19.9 Å². The van der Waals surface area contributed by atoms with Crippen LogP contribution >= 0.6 is 0 Å². The molecule has 0 N–H and O–H groups in total. The highest BCUT2D eigenvalue weighted by atomic mass is 14.9. The van der Waals surface area contributed by atoms with E-state index >= 15 is 0 Å². The maximum atomic E-state index is 5.52. The molecule has 7 aromatic carbocycles. The van der Waals surface area contributed by atoms with Crippen LogP contribution in [-0.2, 0) is 10.8 Å². The summed E-state index contributed by atoms with van der Waals surface area (Å²) in [5.41, 5.74) is 11.7. The van der Waals surface area contributed by atoms with Crippen LogP contribution in [0.4, 0.5) is 0 Å². The van der Waals surface area contributed by atoms with Gasteiger partial charge in [-0.1, -0.05) is 187 Å². The molecule has 9 aromatic rings. The summed E-state index contributed by atoms with van der Waals surface area (Å²) in [6, 6.07) is 59.8. The van der Waals surface area contributed by atoms with Crippen LogP contribution in [0.15, 0.2) is 170 Å². The van der Waals surface area contributed by atoms with Gasteiger partial charge in [-0.3, -0.25) is 0 Å². The third-order valence-electron chi connectivity index (χ3n) is 13.8. The first-order chi connectivity index (χ1) is 28.5. The minimum absolute atomic E-state index is 0.0695. The summed E-state index contributed by atoms with van der Waals surface area (Å²) in [4.78, 5) is 21.9. The van der Waals surface area contributed by atoms with Gasteiger partial charge in [0.1, 0.15) is 0 Å². The van der Waals surface area contributed by atoms with Crippen molar-refractivity contribution < 1.29 is 0 Å². The van der Waals surface area contributed by atoms with Crippen molar-refractivity contribution in [1.29, 1.82) is 0 Å². The normalized spacial score (nSPS) is 15.0. The molecular formula is C55H46N4. The minimum atomic E-state index is -0.157. The van der Waals surface area contributed by atoms with E-state index in [0.717, 1.165) is 66.9 Å². The molecule has 10 rings (SSSR count). The number of hydrogen-bond donors (Lipinski definition) is 0. The van der Waals surface area contributed by atoms with Crippen LogP contribution in [0, 0.1) is 5.41 Å². The van der Waals surface area contributed by atoms with Crippen LogP contribution in [0.1, 0.15) is 52.7 Å². The number of rotatable bonds is 6. The molecule has 0 amide bonds. The lowest BCUT2D eigenvalue weighted by Gasteiger charge is -2.44. The number of hydrogen-bond acceptors (Lipinski definition) is 4. The van der Waals surface area contributed by atoms with Crippen LogP contribution in [0.25, 0.3) is 89.4 Å². The molecule has 0 unspecified atom stereocenters. The highest BCUT2D eigenvalue weighted by Gasteiger charge is 2.57. The Morgan fingerprint density at radius 2 is 0.678 bits per heavy atom. The van der Waals surface area contributed by atoms with Gasteiger partial charge in [-0.15, -0.1) is 0 Å². The monoisotopic (exact) mass is 762 g/mol. The topological polar surface area (TPSA) is 51.6 Å². The van der Waals surface area contributed by atoms with E-state index in [1.165, 1.54) is 21.9 Å². The summed E-state index contributed by atoms with van der Waals surface area (Å²) in [5, 5.41) is 4.64. The van der Waals surface area contributed by atoms with E-state index in [0.29, 0.717) is 11.6 Å². The van der Waals surface area contributed by atoms with Gasteiger partial charge in [0.15, 0.2) is 11.6 Å². The predicted octanol–water partition coefficient (Wildman–Crippen LogP) is 14.2. The van der Waals surface area contributed by atoms with Crippen LogP contribution in [0.5, 0.6) is 0 Å². The molecule has 286 valence electrons. The van der Waals surface area contributed by atoms with Crippen molar-refractivity contribution in [3.63, 3.8) is 0 Å². The van der Waals surface area contributed by atoms with Crippen molar-refractivity contribution in [3.05, 3.63) is 181 Å². The van der Waals surface area contributed by atoms with Crippen LogP contribution in [0.3, 0.4) is 0 Å². The number of aromatic nitrogens is 4. The first-order valence-electron chi connectivity index (χ1n) is 20.6. The molecule has 0 atom stereocenters. The lowest BCUT2D eigenvalue weighted by molar-refractivity contribution is 0.125. The minimum Gasteiger partial charge on any atom is -0.228 e. The van der Waals surface area contributed by atoms with Gasteiger partial charge in [-0.25, -0.2) is 19.9 Å². The second-order valence-electron chi connectivity index (χ2n) is 17.5. The Morgan fingerprint density at radius 3 is 1.10 bits per heavy atom. The highest BCUT2D eigenvalue weighted by molar-refractivity contribution is 5.98. The number of benzene rings is 7. The van der Waals surface area contributed by atoms with E-state index < -0.39 is 0 Å². The van der Waals surface area contributed by atoms with Crippen LogP contribution < -0.4 is 0 Å². The molecule has 0 saturated heterocycles. The lowest BCUT2D eigenvalue weighted by Crippen LogP contribution is -2.42. The molecule has 0 radical (unpaired) electrons. The van der Waals surface area contributed by atoms with Gasteiger partial charge in [0.25, 0.3) is 0 Å². The van der Waals surface area contributed by atoms with E-state index in [1.807, 2.05) is 12.1 Å². The molecule has 4 nitrogen and oxygen atoms in total. The van der Waals surface area contributed by atoms with Gasteiger partial charge in [-0.05, 0) is 73.2 Å². The number of fused-ring (bicyclic) bond motifs is 3. The van der Waals surface area contributed by atoms with E-state index in [-0.39, 0.29) is 16.2 Å². The summed E-state index contributed by atoms with van der Waals surface area (Å²) >= 11 is 0. The zero-order valence-electron chi connectivity index (χ0n) is 34.5. The zero-order valence-corrected chi connectivity index (χ0v) is 34.5. The molecule has 0 bridgehead atoms. The third-order valence-corrected chi connectivity index (χ3v) is 13.8. The summed E-state index contributed by atoms with van der Waals surface area (Å²) in [6.07, 6.45) is 0. The van der Waals surface area contributed by atoms with Crippen molar-refractivity contribution in [3.8, 4) is 67.8 Å². The summed E-state index contributed by atoms with van der Waals surface area (Å²) in [6.45, 7) is 14.4. The van der Waals surface area contributed by atoms with Crippen LogP contribution in [-0.4, -0.2) is 19.9 Å². The predicted molar refractivity (Wildman–Crippen MR) is 245 cm³/mol. The van der Waals surface area contributed by atoms with Gasteiger partial charge in [0.2, 0.25) is 0 Å². The fourth-order valence-corrected chi connectivity index (χ4v) is 9.28. The van der Waals surface area contributed by atoms with Crippen LogP contribution in [0.2, 0.25) is 0 Å². The second-order valence-corrected chi connectivity index (χ2v) is 17.5. The fourth-order valence-electron chi connectivity index (χ4n) is 9.28. The quantitative estimate of drug-likeness (QED) is 0.169. The zero-order chi connectivity index (χ0) is 40.5. The average molecular weight is 763 g/mol. The molecule has 2 heterocycles. The molecular weight excluding hydrogens is 717 g/mol. The van der Waals surface area contributed by atoms with E-state index in [1.54, 1.807) is 0 Å². The Hall–Kier alpha value is -6.78. The highest BCUT2D eigenvalue weighted by Crippen LogP contribution is 2.62. The van der Waals surface area contributed by atoms with E-state index in [2.05, 4.69) is 199 Å². The second kappa shape index (κ2) is 13.7. The van der Waals surface area contributed by atoms with E-state index in [9.17, 15) is 0 Å². The molecule has 1 aliphatic carbocycles. The Kier molecular flexibility index (Phi) is 8.47. The lowest BCUT2D eigenvalue weighted by atomic mass is 9.59.